The van der Waals surface area contributed by atoms with E-state index < -0.39 is 9.84 Å². The summed E-state index contributed by atoms with van der Waals surface area (Å²) in [5.74, 6) is -0.388. The lowest BCUT2D eigenvalue weighted by molar-refractivity contribution is -0.131. The van der Waals surface area contributed by atoms with E-state index in [1.165, 1.54) is 6.07 Å². The Kier molecular flexibility index (Phi) is 5.95. The maximum absolute atomic E-state index is 12.8. The van der Waals surface area contributed by atoms with Gasteiger partial charge in [-0.3, -0.25) is 4.79 Å². The Morgan fingerprint density at radius 3 is 2.67 bits per heavy atom. The zero-order valence-corrected chi connectivity index (χ0v) is 18.8. The van der Waals surface area contributed by atoms with E-state index in [-0.39, 0.29) is 23.0 Å². The molecule has 3 aromatic rings. The van der Waals surface area contributed by atoms with Gasteiger partial charge in [-0.1, -0.05) is 23.7 Å². The van der Waals surface area contributed by atoms with E-state index in [1.54, 1.807) is 17.0 Å². The number of nitrogens with zero attached hydrogens (tertiary/aromatic N) is 4. The summed E-state index contributed by atoms with van der Waals surface area (Å²) in [5, 5.41) is 0.685. The van der Waals surface area contributed by atoms with Gasteiger partial charge in [0.15, 0.2) is 9.84 Å². The molecular formula is C20H21ClN4O3S2. The zero-order valence-electron chi connectivity index (χ0n) is 16.4. The molecule has 1 saturated heterocycles. The third-order valence-electron chi connectivity index (χ3n) is 5.31. The van der Waals surface area contributed by atoms with Crippen molar-refractivity contribution >= 4 is 55.8 Å². The number of aromatic nitrogens is 2. The number of piperazine rings is 1. The second-order valence-corrected chi connectivity index (χ2v) is 10.3. The molecule has 1 fully saturated rings. The van der Waals surface area contributed by atoms with Crippen LogP contribution in [0.3, 0.4) is 0 Å². The molecule has 0 aliphatic carbocycles. The molecule has 0 atom stereocenters. The van der Waals surface area contributed by atoms with E-state index >= 15 is 0 Å². The molecule has 2 heterocycles. The van der Waals surface area contributed by atoms with Crippen molar-refractivity contribution in [3.8, 4) is 0 Å². The molecule has 0 spiro atoms. The van der Waals surface area contributed by atoms with Gasteiger partial charge in [-0.2, -0.15) is 8.75 Å². The molecule has 158 valence electrons. The Labute approximate surface area is 184 Å². The van der Waals surface area contributed by atoms with Crippen LogP contribution in [-0.4, -0.2) is 59.9 Å². The van der Waals surface area contributed by atoms with Crippen LogP contribution >= 0.6 is 23.3 Å². The number of aryl methyl sites for hydroxylation is 1. The Hall–Kier alpha value is -2.23. The van der Waals surface area contributed by atoms with Crippen molar-refractivity contribution in [2.45, 2.75) is 18.2 Å². The number of hydrogen-bond donors (Lipinski definition) is 0. The second kappa shape index (κ2) is 8.49. The third kappa shape index (κ3) is 4.28. The summed E-state index contributed by atoms with van der Waals surface area (Å²) >= 11 is 7.10. The van der Waals surface area contributed by atoms with Crippen LogP contribution in [0, 0.1) is 6.92 Å². The van der Waals surface area contributed by atoms with Crippen LogP contribution < -0.4 is 4.90 Å². The Bertz CT molecular complexity index is 1190. The predicted molar refractivity (Wildman–Crippen MR) is 119 cm³/mol. The van der Waals surface area contributed by atoms with Crippen molar-refractivity contribution < 1.29 is 13.2 Å². The lowest BCUT2D eigenvalue weighted by Crippen LogP contribution is -2.49. The van der Waals surface area contributed by atoms with Gasteiger partial charge in [0.05, 0.1) is 22.4 Å². The fourth-order valence-corrected chi connectivity index (χ4v) is 5.81. The van der Waals surface area contributed by atoms with Crippen molar-refractivity contribution in [3.05, 3.63) is 47.0 Å². The molecule has 2 aromatic carbocycles. The average Bonchev–Trinajstić information content (AvgIpc) is 3.23. The zero-order chi connectivity index (χ0) is 21.3. The first kappa shape index (κ1) is 21.0. The molecular weight excluding hydrogens is 444 g/mol. The van der Waals surface area contributed by atoms with E-state index in [9.17, 15) is 13.2 Å². The number of hydrogen-bond acceptors (Lipinski definition) is 7. The monoisotopic (exact) mass is 464 g/mol. The number of amides is 1. The summed E-state index contributed by atoms with van der Waals surface area (Å²) in [4.78, 5) is 16.7. The van der Waals surface area contributed by atoms with Gasteiger partial charge in [-0.05, 0) is 36.8 Å². The van der Waals surface area contributed by atoms with Gasteiger partial charge in [0.1, 0.15) is 11.0 Å². The molecule has 30 heavy (non-hydrogen) atoms. The highest BCUT2D eigenvalue weighted by Crippen LogP contribution is 2.26. The summed E-state index contributed by atoms with van der Waals surface area (Å²) in [7, 11) is -3.62. The van der Waals surface area contributed by atoms with Crippen molar-refractivity contribution in [1.29, 1.82) is 0 Å². The molecule has 0 N–H and O–H groups in total. The highest BCUT2D eigenvalue weighted by Gasteiger charge is 2.25. The van der Waals surface area contributed by atoms with Crippen molar-refractivity contribution in [2.24, 2.45) is 0 Å². The molecule has 0 bridgehead atoms. The van der Waals surface area contributed by atoms with Gasteiger partial charge in [0.25, 0.3) is 0 Å². The van der Waals surface area contributed by atoms with Gasteiger partial charge < -0.3 is 9.80 Å². The number of anilines is 1. The first-order valence-corrected chi connectivity index (χ1v) is 12.3. The van der Waals surface area contributed by atoms with Gasteiger partial charge in [-0.25, -0.2) is 8.42 Å². The van der Waals surface area contributed by atoms with Gasteiger partial charge in [0.2, 0.25) is 5.91 Å². The van der Waals surface area contributed by atoms with E-state index in [1.807, 2.05) is 25.1 Å². The van der Waals surface area contributed by atoms with Gasteiger partial charge in [0, 0.05) is 43.3 Å². The summed E-state index contributed by atoms with van der Waals surface area (Å²) < 4.78 is 33.7. The highest BCUT2D eigenvalue weighted by molar-refractivity contribution is 7.91. The fourth-order valence-electron chi connectivity index (χ4n) is 3.64. The average molecular weight is 465 g/mol. The second-order valence-electron chi connectivity index (χ2n) is 7.26. The van der Waals surface area contributed by atoms with Crippen LogP contribution in [0.4, 0.5) is 5.69 Å². The highest BCUT2D eigenvalue weighted by atomic mass is 35.5. The molecule has 1 aromatic heterocycles. The summed E-state index contributed by atoms with van der Waals surface area (Å²) in [6.07, 6.45) is -0.0491. The van der Waals surface area contributed by atoms with Gasteiger partial charge in [-0.15, -0.1) is 0 Å². The molecule has 4 rings (SSSR count). The van der Waals surface area contributed by atoms with E-state index in [2.05, 4.69) is 13.6 Å². The van der Waals surface area contributed by atoms with Crippen LogP contribution in [0.15, 0.2) is 41.3 Å². The standard InChI is InChI=1S/C20H21ClN4O3S2/c1-14-5-6-15(21)13-17(14)24-8-10-25(11-9-24)19(26)7-12-30(27,28)18-4-2-3-16-20(18)23-29-22-16/h2-6,13H,7-12H2,1H3. The molecule has 1 aliphatic heterocycles. The number of sulfone groups is 1. The van der Waals surface area contributed by atoms with Crippen molar-refractivity contribution in [1.82, 2.24) is 13.6 Å². The Morgan fingerprint density at radius 1 is 1.13 bits per heavy atom. The Morgan fingerprint density at radius 2 is 1.90 bits per heavy atom. The first-order chi connectivity index (χ1) is 14.3. The Balaban J connectivity index is 1.37. The SMILES string of the molecule is Cc1ccc(Cl)cc1N1CCN(C(=O)CCS(=O)(=O)c2cccc3nsnc23)CC1. The predicted octanol–water partition coefficient (Wildman–Crippen LogP) is 3.17. The maximum atomic E-state index is 12.8. The van der Waals surface area contributed by atoms with Crippen LogP contribution in [0.5, 0.6) is 0 Å². The van der Waals surface area contributed by atoms with Crippen LogP contribution in [0.25, 0.3) is 11.0 Å². The number of halogens is 1. The van der Waals surface area contributed by atoms with E-state index in [0.29, 0.717) is 42.2 Å². The summed E-state index contributed by atoms with van der Waals surface area (Å²) in [5.41, 5.74) is 3.14. The molecule has 0 unspecified atom stereocenters. The van der Waals surface area contributed by atoms with Gasteiger partial charge >= 0.3 is 0 Å². The molecule has 0 saturated carbocycles. The first-order valence-electron chi connectivity index (χ1n) is 9.58. The summed E-state index contributed by atoms with van der Waals surface area (Å²) in [6, 6.07) is 10.7. The van der Waals surface area contributed by atoms with Crippen LogP contribution in [-0.2, 0) is 14.6 Å². The topological polar surface area (TPSA) is 83.5 Å². The minimum atomic E-state index is -3.62. The fraction of sp³-hybridized carbons (Fsp3) is 0.350. The van der Waals surface area contributed by atoms with Crippen LogP contribution in [0.2, 0.25) is 5.02 Å². The molecule has 1 aliphatic rings. The van der Waals surface area contributed by atoms with E-state index in [4.69, 9.17) is 11.6 Å². The lowest BCUT2D eigenvalue weighted by Gasteiger charge is -2.37. The number of fused-ring (bicyclic) bond motifs is 1. The third-order valence-corrected chi connectivity index (χ3v) is 7.83. The number of benzene rings is 2. The maximum Gasteiger partial charge on any atom is 0.223 e. The van der Waals surface area contributed by atoms with Crippen molar-refractivity contribution in [3.63, 3.8) is 0 Å². The summed E-state index contributed by atoms with van der Waals surface area (Å²) in [6.45, 7) is 4.51. The smallest absolute Gasteiger partial charge is 0.223 e. The molecule has 7 nitrogen and oxygen atoms in total. The van der Waals surface area contributed by atoms with Crippen molar-refractivity contribution in [2.75, 3.05) is 36.8 Å². The normalized spacial score (nSPS) is 15.0. The number of rotatable bonds is 5. The van der Waals surface area contributed by atoms with Crippen LogP contribution in [0.1, 0.15) is 12.0 Å². The minimum Gasteiger partial charge on any atom is -0.368 e. The molecule has 1 amide bonds. The molecule has 10 heteroatoms. The number of carbonyl (C=O) groups excluding carboxylic acids is 1. The minimum absolute atomic E-state index is 0.0491. The number of carbonyl (C=O) groups is 1. The molecule has 0 radical (unpaired) electrons. The lowest BCUT2D eigenvalue weighted by atomic mass is 10.1. The largest absolute Gasteiger partial charge is 0.368 e. The quantitative estimate of drug-likeness (QED) is 0.576. The van der Waals surface area contributed by atoms with E-state index in [0.717, 1.165) is 23.0 Å².